The third-order valence-corrected chi connectivity index (χ3v) is 2.91. The molecule has 0 fully saturated rings. The van der Waals surface area contributed by atoms with Crippen molar-refractivity contribution < 1.29 is 9.53 Å². The summed E-state index contributed by atoms with van der Waals surface area (Å²) in [6.07, 6.45) is 4.71. The van der Waals surface area contributed by atoms with Crippen LogP contribution in [0.25, 0.3) is 5.13 Å². The summed E-state index contributed by atoms with van der Waals surface area (Å²) < 4.78 is 6.58. The van der Waals surface area contributed by atoms with Crippen molar-refractivity contribution in [2.24, 2.45) is 0 Å². The lowest BCUT2D eigenvalue weighted by Gasteiger charge is -2.01. The highest BCUT2D eigenvalue weighted by Crippen LogP contribution is 2.16. The van der Waals surface area contributed by atoms with Crippen LogP contribution in [0.1, 0.15) is 16.1 Å². The zero-order valence-corrected chi connectivity index (χ0v) is 10.1. The lowest BCUT2D eigenvalue weighted by atomic mass is 10.3. The molecule has 0 bridgehead atoms. The second kappa shape index (κ2) is 4.92. The summed E-state index contributed by atoms with van der Waals surface area (Å²) in [5, 5.41) is 6.71. The molecule has 0 spiro atoms. The summed E-state index contributed by atoms with van der Waals surface area (Å²) >= 11 is 1.45. The molecule has 0 saturated carbocycles. The van der Waals surface area contributed by atoms with Crippen LogP contribution in [0.15, 0.2) is 30.4 Å². The summed E-state index contributed by atoms with van der Waals surface area (Å²) in [5.74, 6) is -0.398. The van der Waals surface area contributed by atoms with Crippen LogP contribution in [0, 0.1) is 6.92 Å². The van der Waals surface area contributed by atoms with Gasteiger partial charge >= 0.3 is 5.97 Å². The molecule has 0 aliphatic carbocycles. The molecule has 0 saturated heterocycles. The van der Waals surface area contributed by atoms with E-state index in [9.17, 15) is 4.79 Å². The van der Waals surface area contributed by atoms with E-state index in [1.165, 1.54) is 23.6 Å². The second-order valence-electron chi connectivity index (χ2n) is 3.26. The maximum absolute atomic E-state index is 11.7. The van der Waals surface area contributed by atoms with Crippen LogP contribution < -0.4 is 0 Å². The van der Waals surface area contributed by atoms with Crippen LogP contribution >= 0.6 is 11.3 Å². The normalized spacial score (nSPS) is 10.2. The summed E-state index contributed by atoms with van der Waals surface area (Å²) in [7, 11) is 0. The molecule has 0 N–H and O–H groups in total. The van der Waals surface area contributed by atoms with E-state index in [1.807, 2.05) is 5.38 Å². The standard InChI is InChI=1S/C11H11N3O2S/c1-3-5-16-10(15)9-7-13-14(8(9)2)11-12-4-6-17-11/h3-4,6-7H,1,5H2,2H3. The third kappa shape index (κ3) is 2.26. The number of aromatic nitrogens is 3. The Morgan fingerprint density at radius 1 is 1.71 bits per heavy atom. The fourth-order valence-electron chi connectivity index (χ4n) is 1.34. The molecule has 0 unspecified atom stereocenters. The van der Waals surface area contributed by atoms with Gasteiger partial charge in [-0.1, -0.05) is 12.7 Å². The van der Waals surface area contributed by atoms with Gasteiger partial charge in [-0.15, -0.1) is 11.3 Å². The highest BCUT2D eigenvalue weighted by atomic mass is 32.1. The molecule has 88 valence electrons. The maximum atomic E-state index is 11.7. The molecule has 5 nitrogen and oxygen atoms in total. The minimum Gasteiger partial charge on any atom is -0.458 e. The molecule has 0 aliphatic heterocycles. The van der Waals surface area contributed by atoms with Gasteiger partial charge in [-0.2, -0.15) is 5.10 Å². The molecule has 0 aliphatic rings. The van der Waals surface area contributed by atoms with Crippen molar-refractivity contribution in [3.63, 3.8) is 0 Å². The number of thiazole rings is 1. The van der Waals surface area contributed by atoms with E-state index >= 15 is 0 Å². The van der Waals surface area contributed by atoms with Crippen LogP contribution in [0.5, 0.6) is 0 Å². The zero-order chi connectivity index (χ0) is 12.3. The molecule has 2 heterocycles. The molecule has 0 aromatic carbocycles. The van der Waals surface area contributed by atoms with Crippen molar-refractivity contribution in [3.05, 3.63) is 41.7 Å². The summed E-state index contributed by atoms with van der Waals surface area (Å²) in [5.41, 5.74) is 1.16. The number of hydrogen-bond acceptors (Lipinski definition) is 5. The number of carbonyl (C=O) groups is 1. The highest BCUT2D eigenvalue weighted by molar-refractivity contribution is 7.12. The maximum Gasteiger partial charge on any atom is 0.341 e. The Balaban J connectivity index is 2.27. The summed E-state index contributed by atoms with van der Waals surface area (Å²) in [6.45, 7) is 5.49. The monoisotopic (exact) mass is 249 g/mol. The minimum atomic E-state index is -0.398. The van der Waals surface area contributed by atoms with Crippen molar-refractivity contribution in [2.45, 2.75) is 6.92 Å². The Morgan fingerprint density at radius 2 is 2.53 bits per heavy atom. The van der Waals surface area contributed by atoms with E-state index in [1.54, 1.807) is 17.8 Å². The number of ether oxygens (including phenoxy) is 1. The van der Waals surface area contributed by atoms with E-state index < -0.39 is 5.97 Å². The lowest BCUT2D eigenvalue weighted by Crippen LogP contribution is -2.07. The van der Waals surface area contributed by atoms with Gasteiger partial charge in [0.05, 0.1) is 11.9 Å². The fraction of sp³-hybridized carbons (Fsp3) is 0.182. The molecular weight excluding hydrogens is 238 g/mol. The molecular formula is C11H11N3O2S. The van der Waals surface area contributed by atoms with Crippen LogP contribution in [0.3, 0.4) is 0 Å². The van der Waals surface area contributed by atoms with Crippen LogP contribution in [-0.2, 0) is 4.74 Å². The Kier molecular flexibility index (Phi) is 3.34. The SMILES string of the molecule is C=CCOC(=O)c1cnn(-c2nccs2)c1C. The van der Waals surface area contributed by atoms with Gasteiger partial charge < -0.3 is 4.74 Å². The molecule has 2 rings (SSSR count). The van der Waals surface area contributed by atoms with Crippen molar-refractivity contribution in [3.8, 4) is 5.13 Å². The molecule has 17 heavy (non-hydrogen) atoms. The quantitative estimate of drug-likeness (QED) is 0.614. The van der Waals surface area contributed by atoms with Gasteiger partial charge in [0, 0.05) is 11.6 Å². The predicted molar refractivity (Wildman–Crippen MR) is 64.5 cm³/mol. The van der Waals surface area contributed by atoms with Crippen molar-refractivity contribution in [2.75, 3.05) is 6.61 Å². The Hall–Kier alpha value is -1.95. The van der Waals surface area contributed by atoms with E-state index in [-0.39, 0.29) is 6.61 Å². The molecule has 0 amide bonds. The van der Waals surface area contributed by atoms with E-state index in [0.29, 0.717) is 11.3 Å². The number of hydrogen-bond donors (Lipinski definition) is 0. The molecule has 6 heteroatoms. The van der Waals surface area contributed by atoms with E-state index in [0.717, 1.165) is 5.13 Å². The second-order valence-corrected chi connectivity index (χ2v) is 4.13. The first-order chi connectivity index (χ1) is 8.24. The van der Waals surface area contributed by atoms with Crippen LogP contribution in [0.4, 0.5) is 0 Å². The van der Waals surface area contributed by atoms with Crippen LogP contribution in [-0.4, -0.2) is 27.3 Å². The Labute approximate surface area is 102 Å². The van der Waals surface area contributed by atoms with Gasteiger partial charge in [-0.05, 0) is 6.92 Å². The Bertz CT molecular complexity index is 531. The van der Waals surface area contributed by atoms with Gasteiger partial charge in [0.2, 0.25) is 5.13 Å². The van der Waals surface area contributed by atoms with Gasteiger partial charge in [-0.25, -0.2) is 14.5 Å². The first-order valence-corrected chi connectivity index (χ1v) is 5.84. The smallest absolute Gasteiger partial charge is 0.341 e. The average molecular weight is 249 g/mol. The van der Waals surface area contributed by atoms with Crippen LogP contribution in [0.2, 0.25) is 0 Å². The zero-order valence-electron chi connectivity index (χ0n) is 9.29. The summed E-state index contributed by atoms with van der Waals surface area (Å²) in [4.78, 5) is 15.8. The summed E-state index contributed by atoms with van der Waals surface area (Å²) in [6, 6.07) is 0. The van der Waals surface area contributed by atoms with E-state index in [4.69, 9.17) is 4.74 Å². The largest absolute Gasteiger partial charge is 0.458 e. The molecule has 0 radical (unpaired) electrons. The average Bonchev–Trinajstić information content (AvgIpc) is 2.94. The number of esters is 1. The topological polar surface area (TPSA) is 57.0 Å². The van der Waals surface area contributed by atoms with Gasteiger partial charge in [0.1, 0.15) is 12.2 Å². The third-order valence-electron chi connectivity index (χ3n) is 2.16. The minimum absolute atomic E-state index is 0.195. The number of nitrogens with zero attached hydrogens (tertiary/aromatic N) is 3. The molecule has 2 aromatic heterocycles. The fourth-order valence-corrected chi connectivity index (χ4v) is 1.98. The first-order valence-electron chi connectivity index (χ1n) is 4.96. The Morgan fingerprint density at radius 3 is 3.18 bits per heavy atom. The molecule has 0 atom stereocenters. The van der Waals surface area contributed by atoms with Crippen molar-refractivity contribution >= 4 is 17.3 Å². The number of rotatable bonds is 4. The van der Waals surface area contributed by atoms with Gasteiger partial charge in [0.15, 0.2) is 0 Å². The predicted octanol–water partition coefficient (Wildman–Crippen LogP) is 1.98. The van der Waals surface area contributed by atoms with Gasteiger partial charge in [0.25, 0.3) is 0 Å². The van der Waals surface area contributed by atoms with Crippen molar-refractivity contribution in [1.82, 2.24) is 14.8 Å². The highest BCUT2D eigenvalue weighted by Gasteiger charge is 2.16. The lowest BCUT2D eigenvalue weighted by molar-refractivity contribution is 0.0549. The number of carbonyl (C=O) groups excluding carboxylic acids is 1. The first kappa shape index (κ1) is 11.5. The van der Waals surface area contributed by atoms with Crippen molar-refractivity contribution in [1.29, 1.82) is 0 Å². The van der Waals surface area contributed by atoms with E-state index in [2.05, 4.69) is 16.7 Å². The molecule has 2 aromatic rings. The van der Waals surface area contributed by atoms with Gasteiger partial charge in [-0.3, -0.25) is 0 Å².